The molecule has 4 heterocycles. The van der Waals surface area contributed by atoms with Crippen molar-refractivity contribution in [3.63, 3.8) is 0 Å². The number of primary amides is 1. The lowest BCUT2D eigenvalue weighted by Gasteiger charge is -2.40. The number of aliphatic hydroxyl groups excluding tert-OH is 1. The van der Waals surface area contributed by atoms with E-state index in [1.165, 1.54) is 30.2 Å². The van der Waals surface area contributed by atoms with Gasteiger partial charge in [-0.3, -0.25) is 33.7 Å². The summed E-state index contributed by atoms with van der Waals surface area (Å²) in [6.07, 6.45) is 1.69. The molecule has 8 amide bonds. The van der Waals surface area contributed by atoms with Crippen molar-refractivity contribution in [1.82, 2.24) is 34.9 Å². The van der Waals surface area contributed by atoms with E-state index in [1.54, 1.807) is 54.8 Å². The number of ketones is 1. The number of nitrogens with one attached hydrogen (secondary N) is 3. The number of Topliss-reactive ketones (excluding diaryl/α,β-unsaturated/α-hetero) is 1. The number of aromatic nitrogens is 2. The number of halogens is 3. The lowest BCUT2D eigenvalue weighted by molar-refractivity contribution is -0.144. The number of likely N-dealkylation sites (tertiary alicyclic amines) is 1. The summed E-state index contributed by atoms with van der Waals surface area (Å²) in [5.41, 5.74) is 6.68. The third kappa shape index (κ3) is 18.0. The zero-order valence-corrected chi connectivity index (χ0v) is 48.6. The molecule has 1 aromatic heterocycles. The van der Waals surface area contributed by atoms with Crippen molar-refractivity contribution in [1.29, 1.82) is 0 Å². The zero-order valence-electron chi connectivity index (χ0n) is 47.8. The summed E-state index contributed by atoms with van der Waals surface area (Å²) in [7, 11) is -3.46. The Morgan fingerprint density at radius 1 is 0.882 bits per heavy atom. The third-order valence-corrected chi connectivity index (χ3v) is 17.2. The summed E-state index contributed by atoms with van der Waals surface area (Å²) >= 11 is 0. The molecule has 3 aliphatic rings. The molecule has 6 atom stereocenters. The van der Waals surface area contributed by atoms with Crippen molar-refractivity contribution in [3.05, 3.63) is 120 Å². The summed E-state index contributed by atoms with van der Waals surface area (Å²) in [5.74, 6) is -7.49. The molecule has 7 rings (SSSR count). The van der Waals surface area contributed by atoms with Gasteiger partial charge in [0.15, 0.2) is 5.78 Å². The van der Waals surface area contributed by atoms with Gasteiger partial charge >= 0.3 is 12.1 Å². The highest BCUT2D eigenvalue weighted by Crippen LogP contribution is 2.40. The number of imide groups is 1. The first kappa shape index (κ1) is 64.6. The maximum atomic E-state index is 16.4. The first-order valence-corrected chi connectivity index (χ1v) is 30.4. The van der Waals surface area contributed by atoms with Gasteiger partial charge in [-0.25, -0.2) is 36.2 Å². The fourth-order valence-electron chi connectivity index (χ4n) is 10.9. The highest BCUT2D eigenvalue weighted by atomic mass is 32.2. The molecule has 2 saturated heterocycles. The average Bonchev–Trinajstić information content (AvgIpc) is 2.20. The van der Waals surface area contributed by atoms with E-state index in [2.05, 4.69) is 16.0 Å². The molecule has 6 N–H and O–H groups in total. The van der Waals surface area contributed by atoms with E-state index < -0.39 is 94.1 Å². The monoisotopic (exact) mass is 1200 g/mol. The first-order valence-electron chi connectivity index (χ1n) is 28.6. The Bertz CT molecular complexity index is 3170. The second-order valence-corrected chi connectivity index (χ2v) is 24.6. The topological polar surface area (TPSA) is 290 Å². The van der Waals surface area contributed by atoms with Gasteiger partial charge in [-0.2, -0.15) is 0 Å². The van der Waals surface area contributed by atoms with Crippen LogP contribution in [-0.2, 0) is 56.5 Å². The number of nitrogens with two attached hydrogens (primary N) is 1. The van der Waals surface area contributed by atoms with Crippen LogP contribution in [-0.4, -0.2) is 148 Å². The molecule has 25 heteroatoms. The lowest BCUT2D eigenvalue weighted by Crippen LogP contribution is -2.48. The fraction of sp³-hybridized carbons (Fsp3) is 0.483. The van der Waals surface area contributed by atoms with Gasteiger partial charge in [-0.15, -0.1) is 0 Å². The number of hydrogen-bond acceptors (Lipinski definition) is 13. The number of sulfone groups is 1. The van der Waals surface area contributed by atoms with Crippen LogP contribution in [0.4, 0.5) is 28.4 Å². The number of aliphatic hydroxyl groups is 1. The van der Waals surface area contributed by atoms with Gasteiger partial charge in [0, 0.05) is 87.0 Å². The van der Waals surface area contributed by atoms with E-state index in [9.17, 15) is 56.3 Å². The van der Waals surface area contributed by atoms with E-state index in [4.69, 9.17) is 15.5 Å². The lowest BCUT2D eigenvalue weighted by atomic mass is 9.89. The van der Waals surface area contributed by atoms with Gasteiger partial charge in [-0.05, 0) is 98.7 Å². The Morgan fingerprint density at radius 3 is 2.24 bits per heavy atom. The van der Waals surface area contributed by atoms with Crippen LogP contribution in [0.1, 0.15) is 102 Å². The van der Waals surface area contributed by atoms with Gasteiger partial charge < -0.3 is 45.9 Å². The van der Waals surface area contributed by atoms with Crippen molar-refractivity contribution in [2.24, 2.45) is 29.4 Å². The second kappa shape index (κ2) is 29.7. The molecule has 0 bridgehead atoms. The van der Waals surface area contributed by atoms with Crippen LogP contribution >= 0.6 is 0 Å². The predicted molar refractivity (Wildman–Crippen MR) is 307 cm³/mol. The molecule has 4 aromatic rings. The van der Waals surface area contributed by atoms with Crippen molar-refractivity contribution >= 4 is 63.0 Å². The molecule has 458 valence electrons. The number of benzene rings is 3. The average molecular weight is 1200 g/mol. The van der Waals surface area contributed by atoms with Crippen LogP contribution < -0.4 is 21.7 Å². The van der Waals surface area contributed by atoms with E-state index in [1.807, 2.05) is 18.2 Å². The Hall–Kier alpha value is -7.93. The minimum Gasteiger partial charge on any atom is -0.445 e. The van der Waals surface area contributed by atoms with E-state index in [0.29, 0.717) is 36.9 Å². The molecule has 0 unspecified atom stereocenters. The molecule has 85 heavy (non-hydrogen) atoms. The first-order chi connectivity index (χ1) is 40.5. The molecule has 0 spiro atoms. The van der Waals surface area contributed by atoms with Gasteiger partial charge in [0.25, 0.3) is 17.7 Å². The molecular formula is C60H74F3N9O12S. The number of alkyl halides is 1. The zero-order chi connectivity index (χ0) is 61.5. The highest BCUT2D eigenvalue weighted by Gasteiger charge is 2.44. The second-order valence-electron chi connectivity index (χ2n) is 22.3. The number of amides is 8. The minimum absolute atomic E-state index is 0.0219. The number of unbranched alkanes of at least 4 members (excludes halogenated alkanes) is 2. The Labute approximate surface area is 491 Å². The molecule has 0 saturated carbocycles. The summed E-state index contributed by atoms with van der Waals surface area (Å²) in [6, 6.07) is 15.5. The number of anilines is 1. The van der Waals surface area contributed by atoms with Crippen LogP contribution in [0.25, 0.3) is 11.3 Å². The van der Waals surface area contributed by atoms with Crippen LogP contribution in [0.15, 0.2) is 91.1 Å². The number of rotatable bonds is 28. The van der Waals surface area contributed by atoms with Crippen molar-refractivity contribution in [2.45, 2.75) is 116 Å². The molecule has 0 aliphatic carbocycles. The summed E-state index contributed by atoms with van der Waals surface area (Å²) in [6.45, 7) is 4.01. The summed E-state index contributed by atoms with van der Waals surface area (Å²) < 4.78 is 79.3. The molecular weight excluding hydrogens is 1130 g/mol. The third-order valence-electron chi connectivity index (χ3n) is 15.5. The number of carbonyl (C=O) groups is 8. The SMILES string of the molecule is CC(C)[C@H](NC(=O)CCCCCN1C(=O)C=CC1=O)C(=O)C[C@@H](CCCNC(N)=O)C(=O)Nc1ccc(COC(=O)N2C[C@@H](CN(C(=O)[C@H](C)O)[C@H](c3nc(-c4cc(F)ccc4F)cn3Cc3ccccc3)C3CCS(=O)(=O)CC3)[C@@H](F)C2)cc1. The summed E-state index contributed by atoms with van der Waals surface area (Å²) in [5, 5.41) is 19.0. The van der Waals surface area contributed by atoms with E-state index in [0.717, 1.165) is 33.6 Å². The van der Waals surface area contributed by atoms with Crippen LogP contribution in [0.5, 0.6) is 0 Å². The van der Waals surface area contributed by atoms with Gasteiger partial charge in [0.1, 0.15) is 46.2 Å². The maximum Gasteiger partial charge on any atom is 0.410 e. The standard InChI is InChI=1S/C60H74F3N9O12S/c1-37(2)54(68-51(75)14-8-5-9-26-71-52(76)21-22-53(71)77)50(74)29-42(13-10-25-65-59(64)80)57(78)66-45-18-15-40(16-19-45)36-84-60(81)70-32-43(48(63)34-70)33-72(58(79)38(3)73)55(41-23-27-85(82,83)28-24-41)56-67-49(46-30-44(61)17-20-47(46)62)35-69(56)31-39-11-6-4-7-12-39/h4,6-7,11-12,15-22,30,35,37-38,41-43,48,54-55,73H,5,8-10,13-14,23-29,31-34,36H2,1-3H3,(H,66,78)(H,68,75)(H3,64,65,80)/t38-,42+,43-,48-,54-,55-/m0/s1. The van der Waals surface area contributed by atoms with Gasteiger partial charge in [-0.1, -0.05) is 62.7 Å². The molecule has 2 fully saturated rings. The maximum absolute atomic E-state index is 16.4. The van der Waals surface area contributed by atoms with Crippen LogP contribution in [0, 0.1) is 35.3 Å². The Morgan fingerprint density at radius 2 is 1.58 bits per heavy atom. The van der Waals surface area contributed by atoms with Gasteiger partial charge in [0.05, 0.1) is 35.8 Å². The number of urea groups is 1. The summed E-state index contributed by atoms with van der Waals surface area (Å²) in [4.78, 5) is 112. The highest BCUT2D eigenvalue weighted by molar-refractivity contribution is 7.91. The largest absolute Gasteiger partial charge is 0.445 e. The number of ether oxygens (including phenoxy) is 1. The Kier molecular flexibility index (Phi) is 22.6. The quantitative estimate of drug-likeness (QED) is 0.0316. The molecule has 3 aliphatic heterocycles. The predicted octanol–water partition coefficient (Wildman–Crippen LogP) is 6.15. The molecule has 3 aromatic carbocycles. The fourth-order valence-corrected chi connectivity index (χ4v) is 12.4. The number of nitrogens with zero attached hydrogens (tertiary/aromatic N) is 5. The van der Waals surface area contributed by atoms with Crippen LogP contribution in [0.3, 0.4) is 0 Å². The normalized spacial score (nSPS) is 18.2. The molecule has 0 radical (unpaired) electrons. The number of carbonyl (C=O) groups excluding carboxylic acids is 8. The van der Waals surface area contributed by atoms with E-state index in [-0.39, 0.29) is 129 Å². The Balaban J connectivity index is 0.992. The van der Waals surface area contributed by atoms with Crippen LogP contribution in [0.2, 0.25) is 0 Å². The number of hydrogen-bond donors (Lipinski definition) is 5. The smallest absolute Gasteiger partial charge is 0.410 e. The van der Waals surface area contributed by atoms with Gasteiger partial charge in [0.2, 0.25) is 11.8 Å². The molecule has 21 nitrogen and oxygen atoms in total. The van der Waals surface area contributed by atoms with E-state index >= 15 is 8.78 Å². The van der Waals surface area contributed by atoms with Crippen molar-refractivity contribution < 1.29 is 69.8 Å². The van der Waals surface area contributed by atoms with Crippen molar-refractivity contribution in [2.75, 3.05) is 49.5 Å². The van der Waals surface area contributed by atoms with Crippen molar-refractivity contribution in [3.8, 4) is 11.3 Å². The minimum atomic E-state index is -3.46. The number of imidazole rings is 1.